The topological polar surface area (TPSA) is 87.1 Å². The van der Waals surface area contributed by atoms with E-state index in [1.807, 2.05) is 30.5 Å². The van der Waals surface area contributed by atoms with E-state index in [4.69, 9.17) is 15.0 Å². The lowest BCUT2D eigenvalue weighted by Crippen LogP contribution is -1.92. The van der Waals surface area contributed by atoms with Gasteiger partial charge in [-0.2, -0.15) is 4.98 Å². The lowest BCUT2D eigenvalue weighted by molar-refractivity contribution is 0.384. The van der Waals surface area contributed by atoms with Crippen LogP contribution in [0.2, 0.25) is 0 Å². The highest BCUT2D eigenvalue weighted by molar-refractivity contribution is 7.13. The number of rotatable bonds is 4. The molecule has 0 unspecified atom stereocenters. The summed E-state index contributed by atoms with van der Waals surface area (Å²) in [4.78, 5) is 8.57. The smallest absolute Gasteiger partial charge is 0.233 e. The Morgan fingerprint density at radius 3 is 2.90 bits per heavy atom. The van der Waals surface area contributed by atoms with Gasteiger partial charge in [-0.05, 0) is 24.6 Å². The van der Waals surface area contributed by atoms with Crippen LogP contribution in [0.3, 0.4) is 0 Å². The number of hydrogen-bond acceptors (Lipinski definition) is 7. The number of nitrogens with zero attached hydrogens (tertiary/aromatic N) is 3. The zero-order valence-electron chi connectivity index (χ0n) is 11.7. The van der Waals surface area contributed by atoms with Crippen molar-refractivity contribution in [1.82, 2.24) is 15.1 Å². The summed E-state index contributed by atoms with van der Waals surface area (Å²) in [6.07, 6.45) is 0.467. The Kier molecular flexibility index (Phi) is 3.57. The van der Waals surface area contributed by atoms with Gasteiger partial charge in [-0.3, -0.25) is 0 Å². The molecule has 6 nitrogen and oxygen atoms in total. The molecule has 0 aliphatic rings. The predicted molar refractivity (Wildman–Crippen MR) is 80.4 cm³/mol. The molecule has 0 bridgehead atoms. The lowest BCUT2D eigenvalue weighted by Gasteiger charge is -2.05. The molecule has 21 heavy (non-hydrogen) atoms. The van der Waals surface area contributed by atoms with Gasteiger partial charge in [0.15, 0.2) is 5.13 Å². The number of ether oxygens (including phenoxy) is 1. The van der Waals surface area contributed by atoms with Crippen molar-refractivity contribution in [2.75, 3.05) is 12.8 Å². The Labute approximate surface area is 125 Å². The number of nitrogen functional groups attached to an aromatic ring is 1. The highest BCUT2D eigenvalue weighted by Crippen LogP contribution is 2.29. The number of thiazole rings is 1. The molecule has 1 aromatic carbocycles. The first-order valence-corrected chi connectivity index (χ1v) is 7.21. The highest BCUT2D eigenvalue weighted by Gasteiger charge is 2.14. The summed E-state index contributed by atoms with van der Waals surface area (Å²) in [5, 5.41) is 6.42. The Bertz CT molecular complexity index is 766. The number of anilines is 1. The quantitative estimate of drug-likeness (QED) is 0.797. The van der Waals surface area contributed by atoms with Gasteiger partial charge in [0.2, 0.25) is 11.7 Å². The van der Waals surface area contributed by atoms with E-state index < -0.39 is 0 Å². The summed E-state index contributed by atoms with van der Waals surface area (Å²) >= 11 is 1.39. The van der Waals surface area contributed by atoms with Crippen LogP contribution in [-0.4, -0.2) is 22.2 Å². The molecule has 0 amide bonds. The maximum absolute atomic E-state index is 5.60. The standard InChI is InChI=1S/C14H14N4O2S/c1-8-3-4-10(11(5-8)19-2)13-17-12(20-18-13)6-9-7-21-14(15)16-9/h3-5,7H,6H2,1-2H3,(H2,15,16). The fraction of sp³-hybridized carbons (Fsp3) is 0.214. The van der Waals surface area contributed by atoms with Crippen molar-refractivity contribution >= 4 is 16.5 Å². The minimum absolute atomic E-state index is 0.467. The van der Waals surface area contributed by atoms with E-state index in [1.165, 1.54) is 11.3 Å². The molecule has 2 heterocycles. The van der Waals surface area contributed by atoms with E-state index in [0.29, 0.717) is 23.3 Å². The maximum atomic E-state index is 5.60. The molecule has 108 valence electrons. The molecule has 0 spiro atoms. The van der Waals surface area contributed by atoms with Gasteiger partial charge in [0.05, 0.1) is 24.8 Å². The Balaban J connectivity index is 1.88. The van der Waals surface area contributed by atoms with E-state index in [-0.39, 0.29) is 0 Å². The molecule has 0 radical (unpaired) electrons. The molecule has 3 aromatic rings. The van der Waals surface area contributed by atoms with Crippen LogP contribution in [0.4, 0.5) is 5.13 Å². The SMILES string of the molecule is COc1cc(C)ccc1-c1noc(Cc2csc(N)n2)n1. The normalized spacial score (nSPS) is 10.8. The highest BCUT2D eigenvalue weighted by atomic mass is 32.1. The Morgan fingerprint density at radius 1 is 1.33 bits per heavy atom. The number of benzene rings is 1. The second kappa shape index (κ2) is 5.53. The summed E-state index contributed by atoms with van der Waals surface area (Å²) in [5.74, 6) is 1.73. The molecule has 2 aromatic heterocycles. The van der Waals surface area contributed by atoms with E-state index in [1.54, 1.807) is 7.11 Å². The fourth-order valence-electron chi connectivity index (χ4n) is 1.98. The molecule has 0 aliphatic heterocycles. The average molecular weight is 302 g/mol. The Morgan fingerprint density at radius 2 is 2.19 bits per heavy atom. The molecule has 0 aliphatic carbocycles. The molecule has 3 rings (SSSR count). The third-order valence-electron chi connectivity index (χ3n) is 2.97. The van der Waals surface area contributed by atoms with Crippen LogP contribution in [0.1, 0.15) is 17.1 Å². The van der Waals surface area contributed by atoms with Crippen LogP contribution in [0.5, 0.6) is 5.75 Å². The van der Waals surface area contributed by atoms with Crippen LogP contribution < -0.4 is 10.5 Å². The molecule has 0 saturated heterocycles. The average Bonchev–Trinajstić information content (AvgIpc) is 3.08. The second-order valence-electron chi connectivity index (χ2n) is 4.57. The van der Waals surface area contributed by atoms with Crippen LogP contribution in [-0.2, 0) is 6.42 Å². The van der Waals surface area contributed by atoms with E-state index in [0.717, 1.165) is 22.6 Å². The first kappa shape index (κ1) is 13.6. The first-order valence-electron chi connectivity index (χ1n) is 6.33. The number of aryl methyl sites for hydroxylation is 1. The van der Waals surface area contributed by atoms with Gasteiger partial charge in [-0.15, -0.1) is 11.3 Å². The van der Waals surface area contributed by atoms with E-state index in [9.17, 15) is 0 Å². The third kappa shape index (κ3) is 2.87. The summed E-state index contributed by atoms with van der Waals surface area (Å²) in [7, 11) is 1.62. The molecular weight excluding hydrogens is 288 g/mol. The second-order valence-corrected chi connectivity index (χ2v) is 5.46. The van der Waals surface area contributed by atoms with Crippen LogP contribution >= 0.6 is 11.3 Å². The zero-order valence-corrected chi connectivity index (χ0v) is 12.5. The van der Waals surface area contributed by atoms with Crippen LogP contribution in [0, 0.1) is 6.92 Å². The van der Waals surface area contributed by atoms with Crippen molar-refractivity contribution in [2.45, 2.75) is 13.3 Å². The van der Waals surface area contributed by atoms with Gasteiger partial charge < -0.3 is 15.0 Å². The van der Waals surface area contributed by atoms with Gasteiger partial charge in [-0.25, -0.2) is 4.98 Å². The van der Waals surface area contributed by atoms with Crippen molar-refractivity contribution in [3.05, 3.63) is 40.7 Å². The largest absolute Gasteiger partial charge is 0.496 e. The number of aromatic nitrogens is 3. The molecule has 2 N–H and O–H groups in total. The third-order valence-corrected chi connectivity index (χ3v) is 3.69. The Hall–Kier alpha value is -2.41. The predicted octanol–water partition coefficient (Wildman–Crippen LogP) is 2.68. The molecular formula is C14H14N4O2S. The molecule has 7 heteroatoms. The van der Waals surface area contributed by atoms with Crippen LogP contribution in [0.15, 0.2) is 28.1 Å². The van der Waals surface area contributed by atoms with Gasteiger partial charge in [0.25, 0.3) is 0 Å². The van der Waals surface area contributed by atoms with Crippen molar-refractivity contribution in [2.24, 2.45) is 0 Å². The molecule has 0 atom stereocenters. The van der Waals surface area contributed by atoms with Crippen molar-refractivity contribution in [3.63, 3.8) is 0 Å². The van der Waals surface area contributed by atoms with Crippen molar-refractivity contribution < 1.29 is 9.26 Å². The molecule has 0 fully saturated rings. The number of hydrogen-bond donors (Lipinski definition) is 1. The van der Waals surface area contributed by atoms with Gasteiger partial charge >= 0.3 is 0 Å². The maximum Gasteiger partial charge on any atom is 0.233 e. The van der Waals surface area contributed by atoms with Gasteiger partial charge in [-0.1, -0.05) is 11.2 Å². The summed E-state index contributed by atoms with van der Waals surface area (Å²) in [6, 6.07) is 5.84. The minimum atomic E-state index is 0.467. The number of nitrogens with two attached hydrogens (primary N) is 1. The van der Waals surface area contributed by atoms with Gasteiger partial charge in [0, 0.05) is 5.38 Å². The van der Waals surface area contributed by atoms with E-state index >= 15 is 0 Å². The minimum Gasteiger partial charge on any atom is -0.496 e. The number of methoxy groups -OCH3 is 1. The van der Waals surface area contributed by atoms with Crippen molar-refractivity contribution in [1.29, 1.82) is 0 Å². The zero-order chi connectivity index (χ0) is 14.8. The molecule has 0 saturated carbocycles. The summed E-state index contributed by atoms with van der Waals surface area (Å²) in [6.45, 7) is 2.00. The van der Waals surface area contributed by atoms with Crippen LogP contribution in [0.25, 0.3) is 11.4 Å². The summed E-state index contributed by atoms with van der Waals surface area (Å²) < 4.78 is 10.6. The van der Waals surface area contributed by atoms with Gasteiger partial charge in [0.1, 0.15) is 5.75 Å². The monoisotopic (exact) mass is 302 g/mol. The summed E-state index contributed by atoms with van der Waals surface area (Å²) in [5.41, 5.74) is 8.34. The van der Waals surface area contributed by atoms with E-state index in [2.05, 4.69) is 15.1 Å². The lowest BCUT2D eigenvalue weighted by atomic mass is 10.1. The fourth-order valence-corrected chi connectivity index (χ4v) is 2.54. The first-order chi connectivity index (χ1) is 10.2. The van der Waals surface area contributed by atoms with Crippen molar-refractivity contribution in [3.8, 4) is 17.1 Å².